The van der Waals surface area contributed by atoms with Crippen LogP contribution in [0.4, 0.5) is 0 Å². The molecule has 16 heavy (non-hydrogen) atoms. The Kier molecular flexibility index (Phi) is 5.29. The number of esters is 1. The van der Waals surface area contributed by atoms with E-state index in [9.17, 15) is 9.90 Å². The van der Waals surface area contributed by atoms with Crippen LogP contribution in [-0.2, 0) is 16.0 Å². The van der Waals surface area contributed by atoms with E-state index in [2.05, 4.69) is 4.74 Å². The highest BCUT2D eigenvalue weighted by atomic mass is 35.5. The summed E-state index contributed by atoms with van der Waals surface area (Å²) in [5, 5.41) is 9.16. The van der Waals surface area contributed by atoms with Crippen molar-refractivity contribution >= 4 is 17.6 Å². The number of rotatable bonds is 5. The van der Waals surface area contributed by atoms with Crippen molar-refractivity contribution in [1.29, 1.82) is 0 Å². The Bertz CT molecular complexity index is 326. The van der Waals surface area contributed by atoms with Crippen LogP contribution in [0.2, 0.25) is 0 Å². The average molecular weight is 243 g/mol. The lowest BCUT2D eigenvalue weighted by atomic mass is 10.0. The highest BCUT2D eigenvalue weighted by Gasteiger charge is 2.20. The largest absolute Gasteiger partial charge is 0.469 e. The molecule has 1 aromatic rings. The number of aliphatic hydroxyl groups is 1. The first kappa shape index (κ1) is 13.0. The Morgan fingerprint density at radius 2 is 2.06 bits per heavy atom. The molecule has 0 fully saturated rings. The monoisotopic (exact) mass is 242 g/mol. The van der Waals surface area contributed by atoms with Gasteiger partial charge in [-0.2, -0.15) is 0 Å². The number of carbonyl (C=O) groups is 1. The summed E-state index contributed by atoms with van der Waals surface area (Å²) in [6.07, 6.45) is -0.291. The van der Waals surface area contributed by atoms with Crippen LogP contribution in [0.1, 0.15) is 12.0 Å². The first-order valence-electron chi connectivity index (χ1n) is 5.06. The minimum atomic E-state index is -0.747. The predicted octanol–water partition coefficient (Wildman–Crippen LogP) is 1.76. The van der Waals surface area contributed by atoms with E-state index in [-0.39, 0.29) is 6.42 Å². The first-order chi connectivity index (χ1) is 7.63. The molecular formula is C12H15ClO3. The van der Waals surface area contributed by atoms with Gasteiger partial charge in [0.1, 0.15) is 0 Å². The molecule has 1 rings (SSSR count). The molecule has 0 bridgehead atoms. The van der Waals surface area contributed by atoms with Gasteiger partial charge in [-0.25, -0.2) is 0 Å². The van der Waals surface area contributed by atoms with E-state index in [0.29, 0.717) is 6.42 Å². The second-order valence-electron chi connectivity index (χ2n) is 3.55. The summed E-state index contributed by atoms with van der Waals surface area (Å²) in [6.45, 7) is 0. The van der Waals surface area contributed by atoms with Crippen molar-refractivity contribution in [3.8, 4) is 0 Å². The minimum Gasteiger partial charge on any atom is -0.469 e. The molecular weight excluding hydrogens is 228 g/mol. The zero-order valence-electron chi connectivity index (χ0n) is 9.10. The Labute approximate surface area is 100.0 Å². The number of carbonyl (C=O) groups excluding carboxylic acids is 1. The lowest BCUT2D eigenvalue weighted by Crippen LogP contribution is -2.26. The molecule has 0 saturated heterocycles. The van der Waals surface area contributed by atoms with Gasteiger partial charge < -0.3 is 9.84 Å². The third-order valence-corrected chi connectivity index (χ3v) is 2.74. The number of alkyl halides is 1. The number of hydrogen-bond acceptors (Lipinski definition) is 3. The Morgan fingerprint density at radius 1 is 1.44 bits per heavy atom. The molecule has 0 heterocycles. The van der Waals surface area contributed by atoms with E-state index in [0.717, 1.165) is 5.56 Å². The second kappa shape index (κ2) is 6.51. The molecule has 2 atom stereocenters. The molecule has 0 aliphatic rings. The smallest absolute Gasteiger partial charge is 0.307 e. The van der Waals surface area contributed by atoms with Gasteiger partial charge in [-0.1, -0.05) is 30.3 Å². The first-order valence-corrected chi connectivity index (χ1v) is 5.50. The average Bonchev–Trinajstić information content (AvgIpc) is 2.30. The molecule has 1 aromatic carbocycles. The maximum atomic E-state index is 11.0. The highest BCUT2D eigenvalue weighted by Crippen LogP contribution is 2.13. The van der Waals surface area contributed by atoms with Crippen molar-refractivity contribution in [2.45, 2.75) is 24.3 Å². The molecule has 0 spiro atoms. The van der Waals surface area contributed by atoms with Crippen molar-refractivity contribution in [3.63, 3.8) is 0 Å². The van der Waals surface area contributed by atoms with Crippen LogP contribution in [0.25, 0.3) is 0 Å². The normalized spacial score (nSPS) is 14.2. The minimum absolute atomic E-state index is 0.0199. The standard InChI is InChI=1S/C12H15ClO3/c1-16-12(15)8-10(13)11(14)7-9-5-3-2-4-6-9/h2-6,10-11,14H,7-8H2,1H3/t10-,11-/m1/s1. The summed E-state index contributed by atoms with van der Waals surface area (Å²) in [7, 11) is 1.30. The van der Waals surface area contributed by atoms with Gasteiger partial charge in [0.25, 0.3) is 0 Å². The van der Waals surface area contributed by atoms with Crippen molar-refractivity contribution in [3.05, 3.63) is 35.9 Å². The van der Waals surface area contributed by atoms with Gasteiger partial charge >= 0.3 is 5.97 Å². The van der Waals surface area contributed by atoms with Crippen LogP contribution in [-0.4, -0.2) is 29.7 Å². The van der Waals surface area contributed by atoms with E-state index in [4.69, 9.17) is 11.6 Å². The third-order valence-electron chi connectivity index (χ3n) is 2.29. The summed E-state index contributed by atoms with van der Waals surface area (Å²) in [4.78, 5) is 11.0. The Balaban J connectivity index is 2.46. The number of halogens is 1. The molecule has 4 heteroatoms. The summed E-state index contributed by atoms with van der Waals surface area (Å²) < 4.78 is 4.49. The fraction of sp³-hybridized carbons (Fsp3) is 0.417. The SMILES string of the molecule is COC(=O)C[C@@H](Cl)[C@H](O)Cc1ccccc1. The third kappa shape index (κ3) is 4.21. The van der Waals surface area contributed by atoms with Gasteiger partial charge in [0.2, 0.25) is 0 Å². The molecule has 0 unspecified atom stereocenters. The van der Waals surface area contributed by atoms with Crippen LogP contribution < -0.4 is 0 Å². The number of aliphatic hydroxyl groups excluding tert-OH is 1. The fourth-order valence-electron chi connectivity index (χ4n) is 1.36. The fourth-order valence-corrected chi connectivity index (χ4v) is 1.58. The van der Waals surface area contributed by atoms with E-state index >= 15 is 0 Å². The van der Waals surface area contributed by atoms with Gasteiger partial charge in [0.05, 0.1) is 25.0 Å². The summed E-state index contributed by atoms with van der Waals surface area (Å²) >= 11 is 5.90. The van der Waals surface area contributed by atoms with Crippen LogP contribution >= 0.6 is 11.6 Å². The Morgan fingerprint density at radius 3 is 2.62 bits per heavy atom. The van der Waals surface area contributed by atoms with Gasteiger partial charge in [-0.05, 0) is 12.0 Å². The van der Waals surface area contributed by atoms with Gasteiger partial charge in [-0.15, -0.1) is 11.6 Å². The van der Waals surface area contributed by atoms with Crippen molar-refractivity contribution < 1.29 is 14.6 Å². The van der Waals surface area contributed by atoms with Crippen molar-refractivity contribution in [2.75, 3.05) is 7.11 Å². The van der Waals surface area contributed by atoms with Crippen LogP contribution in [0.3, 0.4) is 0 Å². The van der Waals surface area contributed by atoms with Crippen molar-refractivity contribution in [1.82, 2.24) is 0 Å². The highest BCUT2D eigenvalue weighted by molar-refractivity contribution is 6.22. The number of benzene rings is 1. The van der Waals surface area contributed by atoms with Gasteiger partial charge in [0.15, 0.2) is 0 Å². The zero-order valence-corrected chi connectivity index (χ0v) is 9.85. The summed E-state index contributed by atoms with van der Waals surface area (Å²) in [5.74, 6) is -0.410. The van der Waals surface area contributed by atoms with Crippen LogP contribution in [0.5, 0.6) is 0 Å². The molecule has 0 radical (unpaired) electrons. The number of ether oxygens (including phenoxy) is 1. The quantitative estimate of drug-likeness (QED) is 0.632. The van der Waals surface area contributed by atoms with E-state index in [1.165, 1.54) is 7.11 Å². The second-order valence-corrected chi connectivity index (χ2v) is 4.11. The van der Waals surface area contributed by atoms with Gasteiger partial charge in [-0.3, -0.25) is 4.79 Å². The predicted molar refractivity (Wildman–Crippen MR) is 62.4 cm³/mol. The molecule has 0 amide bonds. The van der Waals surface area contributed by atoms with E-state index in [1.54, 1.807) is 0 Å². The molecule has 3 nitrogen and oxygen atoms in total. The summed E-state index contributed by atoms with van der Waals surface area (Å²) in [6, 6.07) is 9.51. The Hall–Kier alpha value is -1.06. The van der Waals surface area contributed by atoms with Crippen LogP contribution in [0, 0.1) is 0 Å². The van der Waals surface area contributed by atoms with E-state index < -0.39 is 17.5 Å². The molecule has 1 N–H and O–H groups in total. The topological polar surface area (TPSA) is 46.5 Å². The molecule has 88 valence electrons. The lowest BCUT2D eigenvalue weighted by Gasteiger charge is -2.15. The van der Waals surface area contributed by atoms with E-state index in [1.807, 2.05) is 30.3 Å². The molecule has 0 saturated carbocycles. The molecule has 0 aliphatic heterocycles. The van der Waals surface area contributed by atoms with Crippen LogP contribution in [0.15, 0.2) is 30.3 Å². The maximum Gasteiger partial charge on any atom is 0.307 e. The number of hydrogen-bond donors (Lipinski definition) is 1. The molecule has 0 aromatic heterocycles. The summed E-state index contributed by atoms with van der Waals surface area (Å²) in [5.41, 5.74) is 0.991. The number of methoxy groups -OCH3 is 1. The maximum absolute atomic E-state index is 11.0. The molecule has 0 aliphatic carbocycles. The van der Waals surface area contributed by atoms with Crippen molar-refractivity contribution in [2.24, 2.45) is 0 Å². The lowest BCUT2D eigenvalue weighted by molar-refractivity contribution is -0.141. The zero-order chi connectivity index (χ0) is 12.0. The van der Waals surface area contributed by atoms with Gasteiger partial charge in [0, 0.05) is 0 Å².